The van der Waals surface area contributed by atoms with Crippen molar-refractivity contribution in [1.82, 2.24) is 9.97 Å². The van der Waals surface area contributed by atoms with Crippen LogP contribution in [0, 0.1) is 0 Å². The highest BCUT2D eigenvalue weighted by Gasteiger charge is 2.51. The molecule has 1 saturated heterocycles. The largest absolute Gasteiger partial charge is 0.498 e. The fourth-order valence-corrected chi connectivity index (χ4v) is 2.07. The number of benzene rings is 1. The molecule has 0 unspecified atom stereocenters. The van der Waals surface area contributed by atoms with Crippen LogP contribution < -0.4 is 10.2 Å². The van der Waals surface area contributed by atoms with E-state index in [0.29, 0.717) is 11.8 Å². The summed E-state index contributed by atoms with van der Waals surface area (Å²) in [6.45, 7) is 8.06. The van der Waals surface area contributed by atoms with Crippen LogP contribution in [0.5, 0.6) is 11.8 Å². The first-order chi connectivity index (χ1) is 10.4. The molecule has 1 aliphatic rings. The second kappa shape index (κ2) is 5.37. The molecule has 2 heterocycles. The van der Waals surface area contributed by atoms with Crippen molar-refractivity contribution in [2.75, 3.05) is 0 Å². The average Bonchev–Trinajstić information content (AvgIpc) is 2.69. The van der Waals surface area contributed by atoms with Crippen LogP contribution in [0.3, 0.4) is 0 Å². The first kappa shape index (κ1) is 15.0. The highest BCUT2D eigenvalue weighted by atomic mass is 16.7. The molecule has 0 bridgehead atoms. The first-order valence-electron chi connectivity index (χ1n) is 7.28. The van der Waals surface area contributed by atoms with E-state index in [-0.39, 0.29) is 11.2 Å². The van der Waals surface area contributed by atoms with Crippen molar-refractivity contribution in [3.05, 3.63) is 42.7 Å². The lowest BCUT2D eigenvalue weighted by Gasteiger charge is -2.32. The van der Waals surface area contributed by atoms with Crippen LogP contribution in [-0.2, 0) is 9.31 Å². The van der Waals surface area contributed by atoms with Gasteiger partial charge in [0, 0.05) is 17.9 Å². The summed E-state index contributed by atoms with van der Waals surface area (Å²) in [6.07, 6.45) is 3.35. The molecule has 1 aliphatic heterocycles. The van der Waals surface area contributed by atoms with E-state index in [1.807, 2.05) is 58.0 Å². The van der Waals surface area contributed by atoms with Crippen LogP contribution in [0.15, 0.2) is 42.7 Å². The van der Waals surface area contributed by atoms with Crippen LogP contribution in [0.25, 0.3) is 0 Å². The molecule has 5 nitrogen and oxygen atoms in total. The third-order valence-corrected chi connectivity index (χ3v) is 4.13. The second-order valence-electron chi connectivity index (χ2n) is 6.30. The van der Waals surface area contributed by atoms with E-state index in [0.717, 1.165) is 5.46 Å². The molecule has 0 spiro atoms. The second-order valence-corrected chi connectivity index (χ2v) is 6.30. The zero-order chi connectivity index (χ0) is 15.8. The lowest BCUT2D eigenvalue weighted by molar-refractivity contribution is 0.00578. The number of nitrogens with zero attached hydrogens (tertiary/aromatic N) is 2. The van der Waals surface area contributed by atoms with Gasteiger partial charge in [-0.25, -0.2) is 9.97 Å². The molecule has 114 valence electrons. The topological polar surface area (TPSA) is 53.5 Å². The molecule has 3 rings (SSSR count). The monoisotopic (exact) mass is 298 g/mol. The van der Waals surface area contributed by atoms with E-state index in [9.17, 15) is 0 Å². The van der Waals surface area contributed by atoms with Gasteiger partial charge in [0.1, 0.15) is 5.75 Å². The minimum Gasteiger partial charge on any atom is -0.424 e. The standard InChI is InChI=1S/C16H19BN2O3/c1-15(2)16(3,4)22-17(21-15)12-10-18-14(19-11-12)20-13-8-6-5-7-9-13/h5-11H,1-4H3. The summed E-state index contributed by atoms with van der Waals surface area (Å²) in [6, 6.07) is 9.72. The van der Waals surface area contributed by atoms with Crippen molar-refractivity contribution in [2.45, 2.75) is 38.9 Å². The van der Waals surface area contributed by atoms with Gasteiger partial charge < -0.3 is 14.0 Å². The van der Waals surface area contributed by atoms with Gasteiger partial charge in [-0.05, 0) is 39.8 Å². The fourth-order valence-electron chi connectivity index (χ4n) is 2.07. The molecule has 0 radical (unpaired) electrons. The van der Waals surface area contributed by atoms with Crippen molar-refractivity contribution in [2.24, 2.45) is 0 Å². The van der Waals surface area contributed by atoms with Gasteiger partial charge in [-0.3, -0.25) is 0 Å². The maximum absolute atomic E-state index is 5.97. The Kier molecular flexibility index (Phi) is 3.66. The summed E-state index contributed by atoms with van der Waals surface area (Å²) < 4.78 is 17.5. The number of ether oxygens (including phenoxy) is 1. The van der Waals surface area contributed by atoms with Gasteiger partial charge in [-0.1, -0.05) is 18.2 Å². The molecular weight excluding hydrogens is 279 g/mol. The minimum atomic E-state index is -0.462. The molecule has 0 amide bonds. The normalized spacial score (nSPS) is 19.2. The van der Waals surface area contributed by atoms with Crippen LogP contribution in [0.2, 0.25) is 0 Å². The summed E-state index contributed by atoms with van der Waals surface area (Å²) in [4.78, 5) is 8.44. The summed E-state index contributed by atoms with van der Waals surface area (Å²) in [7, 11) is -0.462. The zero-order valence-corrected chi connectivity index (χ0v) is 13.2. The van der Waals surface area contributed by atoms with Gasteiger partial charge in [0.05, 0.1) is 11.2 Å². The first-order valence-corrected chi connectivity index (χ1v) is 7.28. The number of para-hydroxylation sites is 1. The Balaban J connectivity index is 1.73. The lowest BCUT2D eigenvalue weighted by atomic mass is 9.81. The van der Waals surface area contributed by atoms with Crippen molar-refractivity contribution >= 4 is 12.6 Å². The molecule has 0 N–H and O–H groups in total. The molecule has 22 heavy (non-hydrogen) atoms. The van der Waals surface area contributed by atoms with Gasteiger partial charge in [0.25, 0.3) is 0 Å². The molecule has 0 atom stereocenters. The number of rotatable bonds is 3. The van der Waals surface area contributed by atoms with Crippen molar-refractivity contribution in [1.29, 1.82) is 0 Å². The van der Waals surface area contributed by atoms with Gasteiger partial charge >= 0.3 is 13.1 Å². The fraction of sp³-hybridized carbons (Fsp3) is 0.375. The summed E-state index contributed by atoms with van der Waals surface area (Å²) >= 11 is 0. The quantitative estimate of drug-likeness (QED) is 0.815. The van der Waals surface area contributed by atoms with E-state index in [1.54, 1.807) is 12.4 Å². The maximum atomic E-state index is 5.97. The molecule has 0 aliphatic carbocycles. The molecule has 6 heteroatoms. The van der Waals surface area contributed by atoms with Crippen molar-refractivity contribution < 1.29 is 14.0 Å². The Morgan fingerprint density at radius 2 is 1.45 bits per heavy atom. The number of aromatic nitrogens is 2. The average molecular weight is 298 g/mol. The van der Waals surface area contributed by atoms with E-state index in [2.05, 4.69) is 9.97 Å². The SMILES string of the molecule is CC1(C)OB(c2cnc(Oc3ccccc3)nc2)OC1(C)C. The third kappa shape index (κ3) is 2.84. The Labute approximate surface area is 130 Å². The Hall–Kier alpha value is -1.92. The van der Waals surface area contributed by atoms with Gasteiger partial charge in [0.2, 0.25) is 0 Å². The van der Waals surface area contributed by atoms with E-state index < -0.39 is 7.12 Å². The van der Waals surface area contributed by atoms with Gasteiger partial charge in [0.15, 0.2) is 0 Å². The molecule has 1 aromatic heterocycles. The van der Waals surface area contributed by atoms with Crippen molar-refractivity contribution in [3.63, 3.8) is 0 Å². The van der Waals surface area contributed by atoms with E-state index in [4.69, 9.17) is 14.0 Å². The van der Waals surface area contributed by atoms with Gasteiger partial charge in [-0.15, -0.1) is 0 Å². The summed E-state index contributed by atoms with van der Waals surface area (Å²) in [5.74, 6) is 0.700. The Morgan fingerprint density at radius 3 is 2.00 bits per heavy atom. The Bertz CT molecular complexity index is 628. The van der Waals surface area contributed by atoms with Crippen LogP contribution >= 0.6 is 0 Å². The van der Waals surface area contributed by atoms with E-state index >= 15 is 0 Å². The van der Waals surface area contributed by atoms with Crippen LogP contribution in [0.1, 0.15) is 27.7 Å². The Morgan fingerprint density at radius 1 is 0.909 bits per heavy atom. The van der Waals surface area contributed by atoms with Gasteiger partial charge in [-0.2, -0.15) is 0 Å². The van der Waals surface area contributed by atoms with Crippen LogP contribution in [-0.4, -0.2) is 28.3 Å². The van der Waals surface area contributed by atoms with Crippen molar-refractivity contribution in [3.8, 4) is 11.8 Å². The highest BCUT2D eigenvalue weighted by molar-refractivity contribution is 6.61. The minimum absolute atomic E-state index is 0.298. The molecular formula is C16H19BN2O3. The zero-order valence-electron chi connectivity index (χ0n) is 13.2. The predicted molar refractivity (Wildman–Crippen MR) is 84.3 cm³/mol. The summed E-state index contributed by atoms with van der Waals surface area (Å²) in [5, 5.41) is 0. The molecule has 1 aromatic carbocycles. The smallest absolute Gasteiger partial charge is 0.424 e. The lowest BCUT2D eigenvalue weighted by Crippen LogP contribution is -2.41. The number of hydrogen-bond donors (Lipinski definition) is 0. The van der Waals surface area contributed by atoms with E-state index in [1.165, 1.54) is 0 Å². The van der Waals surface area contributed by atoms with Crippen LogP contribution in [0.4, 0.5) is 0 Å². The predicted octanol–water partition coefficient (Wildman–Crippen LogP) is 2.57. The highest BCUT2D eigenvalue weighted by Crippen LogP contribution is 2.36. The maximum Gasteiger partial charge on any atom is 0.498 e. The third-order valence-electron chi connectivity index (χ3n) is 4.13. The number of hydrogen-bond acceptors (Lipinski definition) is 5. The summed E-state index contributed by atoms with van der Waals surface area (Å²) in [5.41, 5.74) is 0.0207. The molecule has 0 saturated carbocycles. The molecule has 2 aromatic rings. The molecule has 1 fully saturated rings.